The van der Waals surface area contributed by atoms with Gasteiger partial charge in [0.15, 0.2) is 0 Å². The fraction of sp³-hybridized carbons (Fsp3) is 0.400. The molecule has 1 fully saturated rings. The highest BCUT2D eigenvalue weighted by molar-refractivity contribution is 5.98. The van der Waals surface area contributed by atoms with Crippen molar-refractivity contribution in [3.63, 3.8) is 0 Å². The van der Waals surface area contributed by atoms with Crippen LogP contribution in [0.25, 0.3) is 0 Å². The summed E-state index contributed by atoms with van der Waals surface area (Å²) in [6.07, 6.45) is 2.11. The second-order valence-corrected chi connectivity index (χ2v) is 8.37. The smallest absolute Gasteiger partial charge is 0.290 e. The van der Waals surface area contributed by atoms with Gasteiger partial charge in [-0.2, -0.15) is 0 Å². The molecule has 0 aromatic heterocycles. The van der Waals surface area contributed by atoms with E-state index in [1.165, 1.54) is 11.1 Å². The van der Waals surface area contributed by atoms with Crippen molar-refractivity contribution >= 4 is 24.0 Å². The third-order valence-corrected chi connectivity index (χ3v) is 5.56. The molecule has 2 N–H and O–H groups in total. The van der Waals surface area contributed by atoms with Gasteiger partial charge in [-0.1, -0.05) is 30.3 Å². The Hall–Kier alpha value is -3.19. The van der Waals surface area contributed by atoms with Crippen molar-refractivity contribution in [2.75, 3.05) is 39.0 Å². The summed E-state index contributed by atoms with van der Waals surface area (Å²) < 4.78 is 0. The molecule has 7 heteroatoms. The number of rotatable bonds is 5. The maximum absolute atomic E-state index is 13.2. The Balaban J connectivity index is 0.00000114. The van der Waals surface area contributed by atoms with Crippen LogP contribution < -0.4 is 5.32 Å². The van der Waals surface area contributed by atoms with E-state index in [-0.39, 0.29) is 18.3 Å². The molecule has 7 nitrogen and oxygen atoms in total. The monoisotopic (exact) mass is 439 g/mol. The number of amides is 2. The first-order valence-corrected chi connectivity index (χ1v) is 10.7. The number of likely N-dealkylation sites (tertiary alicyclic amines) is 1. The predicted octanol–water partition coefficient (Wildman–Crippen LogP) is 3.52. The standard InChI is InChI=1S/C24H31N3O2.CH2O2/c1-17-8-5-6-10-21(17)20-9-7-13-27(15-20)24(29)19-12-11-18(2)22(14-19)25-23(28)16-26(3)4;2-1-3/h5-6,8,10-12,14,20H,7,9,13,15-16H2,1-4H3,(H,25,28);1H,(H,2,3). The van der Waals surface area contributed by atoms with Crippen LogP contribution in [-0.4, -0.2) is 66.9 Å². The minimum Gasteiger partial charge on any atom is -0.483 e. The number of aryl methyl sites for hydroxylation is 2. The molecule has 1 atom stereocenters. The lowest BCUT2D eigenvalue weighted by Crippen LogP contribution is -2.39. The molecule has 0 aliphatic carbocycles. The second-order valence-electron chi connectivity index (χ2n) is 8.37. The molecule has 1 saturated heterocycles. The molecule has 3 rings (SSSR count). The van der Waals surface area contributed by atoms with E-state index < -0.39 is 0 Å². The van der Waals surface area contributed by atoms with E-state index in [4.69, 9.17) is 9.90 Å². The van der Waals surface area contributed by atoms with Crippen LogP contribution in [0.2, 0.25) is 0 Å². The maximum atomic E-state index is 13.2. The SMILES string of the molecule is Cc1ccc(C(=O)N2CCCC(c3ccccc3C)C2)cc1NC(=O)CN(C)C.O=CO. The number of anilines is 1. The van der Waals surface area contributed by atoms with Crippen molar-refractivity contribution in [1.29, 1.82) is 0 Å². The van der Waals surface area contributed by atoms with Gasteiger partial charge in [0, 0.05) is 30.3 Å². The average Bonchev–Trinajstić information content (AvgIpc) is 2.75. The lowest BCUT2D eigenvalue weighted by Gasteiger charge is -2.34. The van der Waals surface area contributed by atoms with E-state index in [2.05, 4.69) is 36.5 Å². The van der Waals surface area contributed by atoms with E-state index in [0.717, 1.165) is 31.5 Å². The highest BCUT2D eigenvalue weighted by Gasteiger charge is 2.26. The second kappa shape index (κ2) is 12.0. The van der Waals surface area contributed by atoms with Crippen molar-refractivity contribution in [1.82, 2.24) is 9.80 Å². The van der Waals surface area contributed by atoms with Gasteiger partial charge in [-0.15, -0.1) is 0 Å². The number of carbonyl (C=O) groups excluding carboxylic acids is 2. The summed E-state index contributed by atoms with van der Waals surface area (Å²) in [6, 6.07) is 14.0. The first-order valence-electron chi connectivity index (χ1n) is 10.7. The van der Waals surface area contributed by atoms with Crippen LogP contribution in [0, 0.1) is 13.8 Å². The van der Waals surface area contributed by atoms with Crippen LogP contribution in [0.3, 0.4) is 0 Å². The quantitative estimate of drug-likeness (QED) is 0.696. The lowest BCUT2D eigenvalue weighted by molar-refractivity contribution is -0.123. The number of benzene rings is 2. The summed E-state index contributed by atoms with van der Waals surface area (Å²) in [7, 11) is 3.71. The molecule has 0 spiro atoms. The zero-order valence-electron chi connectivity index (χ0n) is 19.3. The Morgan fingerprint density at radius 2 is 1.84 bits per heavy atom. The van der Waals surface area contributed by atoms with Gasteiger partial charge in [-0.25, -0.2) is 0 Å². The van der Waals surface area contributed by atoms with Crippen LogP contribution >= 0.6 is 0 Å². The largest absolute Gasteiger partial charge is 0.483 e. The Morgan fingerprint density at radius 1 is 1.16 bits per heavy atom. The van der Waals surface area contributed by atoms with Crippen LogP contribution in [0.15, 0.2) is 42.5 Å². The fourth-order valence-corrected chi connectivity index (χ4v) is 4.01. The highest BCUT2D eigenvalue weighted by Crippen LogP contribution is 2.30. The molecule has 2 amide bonds. The van der Waals surface area contributed by atoms with Crippen LogP contribution in [-0.2, 0) is 9.59 Å². The van der Waals surface area contributed by atoms with E-state index in [0.29, 0.717) is 23.7 Å². The molecule has 1 unspecified atom stereocenters. The molecular weight excluding hydrogens is 406 g/mol. The number of piperidine rings is 1. The Morgan fingerprint density at radius 3 is 2.50 bits per heavy atom. The normalized spacial score (nSPS) is 15.5. The summed E-state index contributed by atoms with van der Waals surface area (Å²) in [5.74, 6) is 0.324. The summed E-state index contributed by atoms with van der Waals surface area (Å²) in [5.41, 5.74) is 4.90. The van der Waals surface area contributed by atoms with Crippen molar-refractivity contribution in [3.05, 3.63) is 64.7 Å². The average molecular weight is 440 g/mol. The molecule has 0 bridgehead atoms. The van der Waals surface area contributed by atoms with Gasteiger partial charge in [0.1, 0.15) is 0 Å². The van der Waals surface area contributed by atoms with Crippen LogP contribution in [0.1, 0.15) is 45.8 Å². The van der Waals surface area contributed by atoms with Crippen molar-refractivity contribution in [3.8, 4) is 0 Å². The predicted molar refractivity (Wildman–Crippen MR) is 126 cm³/mol. The number of carboxylic acid groups (broad SMARTS) is 1. The van der Waals surface area contributed by atoms with Gasteiger partial charge in [0.2, 0.25) is 5.91 Å². The molecule has 0 saturated carbocycles. The highest BCUT2D eigenvalue weighted by atomic mass is 16.3. The van der Waals surface area contributed by atoms with Gasteiger partial charge < -0.3 is 20.2 Å². The summed E-state index contributed by atoms with van der Waals surface area (Å²) in [6.45, 7) is 5.65. The molecule has 2 aromatic rings. The van der Waals surface area contributed by atoms with E-state index in [1.54, 1.807) is 0 Å². The third kappa shape index (κ3) is 6.92. The molecule has 1 heterocycles. The van der Waals surface area contributed by atoms with Gasteiger partial charge >= 0.3 is 0 Å². The summed E-state index contributed by atoms with van der Waals surface area (Å²) in [5, 5.41) is 9.82. The Kier molecular flexibility index (Phi) is 9.40. The number of hydrogen-bond donors (Lipinski definition) is 2. The van der Waals surface area contributed by atoms with Crippen molar-refractivity contribution in [2.45, 2.75) is 32.6 Å². The molecule has 0 radical (unpaired) electrons. The Bertz CT molecular complexity index is 943. The third-order valence-electron chi connectivity index (χ3n) is 5.56. The molecule has 1 aliphatic rings. The Labute approximate surface area is 190 Å². The fourth-order valence-electron chi connectivity index (χ4n) is 4.01. The van der Waals surface area contributed by atoms with Crippen molar-refractivity contribution < 1.29 is 19.5 Å². The van der Waals surface area contributed by atoms with Crippen LogP contribution in [0.5, 0.6) is 0 Å². The minimum atomic E-state index is -0.250. The molecule has 1 aliphatic heterocycles. The maximum Gasteiger partial charge on any atom is 0.290 e. The first kappa shape index (κ1) is 25.1. The van der Waals surface area contributed by atoms with E-state index >= 15 is 0 Å². The van der Waals surface area contributed by atoms with Gasteiger partial charge in [0.25, 0.3) is 12.4 Å². The van der Waals surface area contributed by atoms with E-state index in [1.807, 2.05) is 49.0 Å². The zero-order chi connectivity index (χ0) is 23.7. The number of nitrogens with zero attached hydrogens (tertiary/aromatic N) is 2. The first-order chi connectivity index (χ1) is 15.3. The number of carbonyl (C=O) groups is 3. The molecule has 172 valence electrons. The van der Waals surface area contributed by atoms with Gasteiger partial charge in [-0.3, -0.25) is 14.4 Å². The summed E-state index contributed by atoms with van der Waals surface area (Å²) in [4.78, 5) is 37.5. The molecule has 32 heavy (non-hydrogen) atoms. The van der Waals surface area contributed by atoms with Gasteiger partial charge in [0.05, 0.1) is 6.54 Å². The number of likely N-dealkylation sites (N-methyl/N-ethyl adjacent to an activating group) is 1. The van der Waals surface area contributed by atoms with E-state index in [9.17, 15) is 9.59 Å². The van der Waals surface area contributed by atoms with Gasteiger partial charge in [-0.05, 0) is 69.6 Å². The minimum absolute atomic E-state index is 0.0337. The molecular formula is C25H33N3O4. The lowest BCUT2D eigenvalue weighted by atomic mass is 9.87. The van der Waals surface area contributed by atoms with Crippen LogP contribution in [0.4, 0.5) is 5.69 Å². The van der Waals surface area contributed by atoms with Crippen molar-refractivity contribution in [2.24, 2.45) is 0 Å². The summed E-state index contributed by atoms with van der Waals surface area (Å²) >= 11 is 0. The number of nitrogens with one attached hydrogen (secondary N) is 1. The zero-order valence-corrected chi connectivity index (χ0v) is 19.3. The topological polar surface area (TPSA) is 90.0 Å². The number of hydrogen-bond acceptors (Lipinski definition) is 4. The molecule has 2 aromatic carbocycles.